The lowest BCUT2D eigenvalue weighted by Crippen LogP contribution is -2.29. The minimum Gasteiger partial charge on any atom is -0.0990 e. The average Bonchev–Trinajstić information content (AvgIpc) is 2.87. The highest BCUT2D eigenvalue weighted by Crippen LogP contribution is 2.49. The summed E-state index contributed by atoms with van der Waals surface area (Å²) in [6, 6.07) is 30.8. The molecule has 0 saturated heterocycles. The predicted octanol–water partition coefficient (Wildman–Crippen LogP) is 7.04. The molecule has 0 N–H and O–H groups in total. The third-order valence-electron chi connectivity index (χ3n) is 5.38. The summed E-state index contributed by atoms with van der Waals surface area (Å²) < 4.78 is 0. The average molecular weight is 451 g/mol. The quantitative estimate of drug-likeness (QED) is 0.255. The first kappa shape index (κ1) is 22.4. The molecule has 0 bridgehead atoms. The molecule has 32 heavy (non-hydrogen) atoms. The van der Waals surface area contributed by atoms with Gasteiger partial charge in [-0.1, -0.05) is 135 Å². The van der Waals surface area contributed by atoms with Gasteiger partial charge in [0.1, 0.15) is 0 Å². The van der Waals surface area contributed by atoms with Gasteiger partial charge >= 0.3 is 0 Å². The van der Waals surface area contributed by atoms with Gasteiger partial charge in [0.05, 0.1) is 0 Å². The number of benzene rings is 3. The van der Waals surface area contributed by atoms with Gasteiger partial charge in [-0.2, -0.15) is 0 Å². The summed E-state index contributed by atoms with van der Waals surface area (Å²) in [6.45, 7) is 8.13. The summed E-state index contributed by atoms with van der Waals surface area (Å²) in [5.41, 5.74) is 0. The van der Waals surface area contributed by atoms with Crippen LogP contribution in [0.3, 0.4) is 0 Å². The Balaban J connectivity index is 1.95. The molecular formula is C30H28P2. The zero-order chi connectivity index (χ0) is 22.2. The summed E-state index contributed by atoms with van der Waals surface area (Å²) in [7, 11) is -1.40. The molecule has 0 aromatic heterocycles. The Hall–Kier alpha value is -2.78. The van der Waals surface area contributed by atoms with Crippen LogP contribution in [0.5, 0.6) is 0 Å². The van der Waals surface area contributed by atoms with Gasteiger partial charge < -0.3 is 0 Å². The van der Waals surface area contributed by atoms with Crippen LogP contribution < -0.4 is 21.2 Å². The molecule has 0 fully saturated rings. The van der Waals surface area contributed by atoms with Gasteiger partial charge in [0.2, 0.25) is 0 Å². The maximum atomic E-state index is 4.16. The molecule has 2 heteroatoms. The SMILES string of the molecule is C=C/C=C(\C=C)P(c1ccccc1)c1ccccc1P(C1=CCCC=C1)c1ccccc1. The molecule has 3 aromatic rings. The van der Waals surface area contributed by atoms with Crippen LogP contribution in [0.2, 0.25) is 0 Å². The topological polar surface area (TPSA) is 0 Å². The number of hydrogen-bond acceptors (Lipinski definition) is 0. The summed E-state index contributed by atoms with van der Waals surface area (Å²) in [6.07, 6.45) is 15.3. The van der Waals surface area contributed by atoms with Crippen molar-refractivity contribution >= 4 is 37.1 Å². The fourth-order valence-electron chi connectivity index (χ4n) is 3.97. The number of allylic oxidation sites excluding steroid dienone is 8. The van der Waals surface area contributed by atoms with Gasteiger partial charge in [-0.05, 0) is 60.5 Å². The molecular weight excluding hydrogens is 422 g/mol. The molecule has 2 unspecified atom stereocenters. The molecule has 158 valence electrons. The molecule has 2 atom stereocenters. The maximum absolute atomic E-state index is 4.16. The summed E-state index contributed by atoms with van der Waals surface area (Å²) >= 11 is 0. The lowest BCUT2D eigenvalue weighted by molar-refractivity contribution is 1.03. The lowest BCUT2D eigenvalue weighted by atomic mass is 10.2. The minimum atomic E-state index is -0.748. The van der Waals surface area contributed by atoms with Crippen molar-refractivity contribution in [3.8, 4) is 0 Å². The standard InChI is InChI=1S/C30H28P2/c1-3-16-25(4-2)31(26-17-8-5-9-18-26)29-23-14-15-24-30(29)32(27-19-10-6-11-20-27)28-21-12-7-13-22-28/h3-6,8-12,14-24H,1-2,7,13H2/b25-16+. The molecule has 1 aliphatic carbocycles. The lowest BCUT2D eigenvalue weighted by Gasteiger charge is -2.28. The van der Waals surface area contributed by atoms with Crippen LogP contribution in [0.4, 0.5) is 0 Å². The van der Waals surface area contributed by atoms with Crippen LogP contribution in [0.25, 0.3) is 0 Å². The molecule has 4 rings (SSSR count). The van der Waals surface area contributed by atoms with Crippen molar-refractivity contribution in [2.75, 3.05) is 0 Å². The number of rotatable bonds is 8. The Bertz CT molecular complexity index is 1150. The Morgan fingerprint density at radius 2 is 1.34 bits per heavy atom. The van der Waals surface area contributed by atoms with Crippen molar-refractivity contribution in [3.05, 3.63) is 145 Å². The first-order valence-corrected chi connectivity index (χ1v) is 13.6. The minimum absolute atomic E-state index is 0.649. The highest BCUT2D eigenvalue weighted by atomic mass is 31.1. The van der Waals surface area contributed by atoms with Crippen LogP contribution in [-0.2, 0) is 0 Å². The van der Waals surface area contributed by atoms with Crippen LogP contribution >= 0.6 is 15.8 Å². The fraction of sp³-hybridized carbons (Fsp3) is 0.0667. The zero-order valence-corrected chi connectivity index (χ0v) is 20.1. The first-order valence-electron chi connectivity index (χ1n) is 10.9. The van der Waals surface area contributed by atoms with E-state index in [1.165, 1.54) is 31.8 Å². The molecule has 0 radical (unpaired) electrons. The second kappa shape index (κ2) is 11.2. The Kier molecular flexibility index (Phi) is 7.84. The Morgan fingerprint density at radius 1 is 0.719 bits per heavy atom. The second-order valence-electron chi connectivity index (χ2n) is 7.47. The van der Waals surface area contributed by atoms with Crippen molar-refractivity contribution in [2.24, 2.45) is 0 Å². The van der Waals surface area contributed by atoms with Gasteiger partial charge in [0, 0.05) is 0 Å². The maximum Gasteiger partial charge on any atom is -0.00675 e. The van der Waals surface area contributed by atoms with Gasteiger partial charge in [-0.3, -0.25) is 0 Å². The highest BCUT2D eigenvalue weighted by Gasteiger charge is 2.26. The molecule has 0 saturated carbocycles. The zero-order valence-electron chi connectivity index (χ0n) is 18.3. The summed E-state index contributed by atoms with van der Waals surface area (Å²) in [5, 5.41) is 8.23. The molecule has 3 aromatic carbocycles. The largest absolute Gasteiger partial charge is 0.0990 e. The van der Waals surface area contributed by atoms with Crippen molar-refractivity contribution in [2.45, 2.75) is 12.8 Å². The van der Waals surface area contributed by atoms with Crippen molar-refractivity contribution in [1.82, 2.24) is 0 Å². The molecule has 1 aliphatic rings. The van der Waals surface area contributed by atoms with Crippen LogP contribution in [0, 0.1) is 0 Å². The van der Waals surface area contributed by atoms with Gasteiger partial charge in [-0.25, -0.2) is 0 Å². The molecule has 0 amide bonds. The Labute approximate surface area is 194 Å². The van der Waals surface area contributed by atoms with E-state index in [4.69, 9.17) is 0 Å². The normalized spacial score (nSPS) is 15.5. The Morgan fingerprint density at radius 3 is 1.94 bits per heavy atom. The van der Waals surface area contributed by atoms with Crippen LogP contribution in [-0.4, -0.2) is 0 Å². The number of hydrogen-bond donors (Lipinski definition) is 0. The first-order chi connectivity index (χ1) is 15.8. The van der Waals surface area contributed by atoms with E-state index in [-0.39, 0.29) is 0 Å². The van der Waals surface area contributed by atoms with E-state index < -0.39 is 15.8 Å². The van der Waals surface area contributed by atoms with E-state index in [1.807, 2.05) is 12.2 Å². The molecule has 0 nitrogen and oxygen atoms in total. The third-order valence-corrected chi connectivity index (χ3v) is 10.6. The van der Waals surface area contributed by atoms with Gasteiger partial charge in [-0.15, -0.1) is 0 Å². The summed E-state index contributed by atoms with van der Waals surface area (Å²) in [4.78, 5) is 0. The van der Waals surface area contributed by atoms with E-state index in [2.05, 4.69) is 122 Å². The molecule has 0 spiro atoms. The highest BCUT2D eigenvalue weighted by molar-refractivity contribution is 7.82. The predicted molar refractivity (Wildman–Crippen MR) is 147 cm³/mol. The summed E-state index contributed by atoms with van der Waals surface area (Å²) in [5.74, 6) is 0. The van der Waals surface area contributed by atoms with Crippen molar-refractivity contribution < 1.29 is 0 Å². The van der Waals surface area contributed by atoms with E-state index >= 15 is 0 Å². The van der Waals surface area contributed by atoms with E-state index in [0.717, 1.165) is 12.8 Å². The molecule has 0 heterocycles. The molecule has 0 aliphatic heterocycles. The van der Waals surface area contributed by atoms with E-state index in [9.17, 15) is 0 Å². The second-order valence-corrected chi connectivity index (χ2v) is 11.8. The van der Waals surface area contributed by atoms with Crippen molar-refractivity contribution in [3.63, 3.8) is 0 Å². The smallest absolute Gasteiger partial charge is 0.00675 e. The van der Waals surface area contributed by atoms with Gasteiger partial charge in [0.15, 0.2) is 0 Å². The van der Waals surface area contributed by atoms with Gasteiger partial charge in [0.25, 0.3) is 0 Å². The third kappa shape index (κ3) is 4.99. The van der Waals surface area contributed by atoms with Crippen LogP contribution in [0.15, 0.2) is 145 Å². The van der Waals surface area contributed by atoms with Crippen LogP contribution in [0.1, 0.15) is 12.8 Å². The van der Waals surface area contributed by atoms with E-state index in [1.54, 1.807) is 0 Å². The monoisotopic (exact) mass is 450 g/mol. The van der Waals surface area contributed by atoms with E-state index in [0.29, 0.717) is 0 Å². The fourth-order valence-corrected chi connectivity index (χ4v) is 9.30. The van der Waals surface area contributed by atoms with Crippen molar-refractivity contribution in [1.29, 1.82) is 0 Å².